The van der Waals surface area contributed by atoms with Crippen LogP contribution in [-0.2, 0) is 11.2 Å². The number of urea groups is 1. The molecule has 1 atom stereocenters. The first-order valence-electron chi connectivity index (χ1n) is 10.3. The van der Waals surface area contributed by atoms with Crippen LogP contribution in [0.1, 0.15) is 19.0 Å². The summed E-state index contributed by atoms with van der Waals surface area (Å²) in [4.78, 5) is 37.3. The fourth-order valence-electron chi connectivity index (χ4n) is 3.81. The van der Waals surface area contributed by atoms with Gasteiger partial charge in [-0.15, -0.1) is 0 Å². The van der Waals surface area contributed by atoms with E-state index >= 15 is 0 Å². The van der Waals surface area contributed by atoms with Crippen molar-refractivity contribution < 1.29 is 27.5 Å². The van der Waals surface area contributed by atoms with Crippen LogP contribution in [0.3, 0.4) is 0 Å². The smallest absolute Gasteiger partial charge is 0.325 e. The Labute approximate surface area is 182 Å². The lowest BCUT2D eigenvalue weighted by Crippen LogP contribution is -2.42. The van der Waals surface area contributed by atoms with E-state index < -0.39 is 29.6 Å². The molecule has 32 heavy (non-hydrogen) atoms. The van der Waals surface area contributed by atoms with E-state index in [1.807, 2.05) is 0 Å². The molecule has 2 aromatic rings. The van der Waals surface area contributed by atoms with Crippen LogP contribution in [0, 0.1) is 17.5 Å². The van der Waals surface area contributed by atoms with E-state index in [2.05, 4.69) is 9.97 Å². The highest BCUT2D eigenvalue weighted by Crippen LogP contribution is 2.24. The fourth-order valence-corrected chi connectivity index (χ4v) is 3.81. The lowest BCUT2D eigenvalue weighted by Gasteiger charge is -2.22. The highest BCUT2D eigenvalue weighted by molar-refractivity contribution is 5.96. The third-order valence-electron chi connectivity index (χ3n) is 5.58. The number of anilines is 1. The van der Waals surface area contributed by atoms with Crippen LogP contribution >= 0.6 is 0 Å². The molecule has 0 N–H and O–H groups in total. The van der Waals surface area contributed by atoms with Crippen LogP contribution in [-0.4, -0.2) is 70.5 Å². The van der Waals surface area contributed by atoms with Gasteiger partial charge in [0.1, 0.15) is 19.0 Å². The molecule has 2 saturated heterocycles. The number of ether oxygens (including phenoxy) is 1. The van der Waals surface area contributed by atoms with Gasteiger partial charge in [-0.25, -0.2) is 18.6 Å². The SMILES string of the molecule is CCc1ncnc(OC2CCN(C(=O)CN3CCN(c4ccc(F)c(F)c4)C3=O)C2)c1F. The van der Waals surface area contributed by atoms with Crippen LogP contribution < -0.4 is 9.64 Å². The number of halogens is 3. The summed E-state index contributed by atoms with van der Waals surface area (Å²) in [5.74, 6) is -3.04. The number of nitrogens with zero attached hydrogens (tertiary/aromatic N) is 5. The van der Waals surface area contributed by atoms with Crippen LogP contribution in [0.5, 0.6) is 5.88 Å². The molecule has 8 nitrogen and oxygen atoms in total. The largest absolute Gasteiger partial charge is 0.470 e. The lowest BCUT2D eigenvalue weighted by molar-refractivity contribution is -0.130. The van der Waals surface area contributed by atoms with Crippen molar-refractivity contribution >= 4 is 17.6 Å². The maximum Gasteiger partial charge on any atom is 0.325 e. The molecule has 1 aromatic heterocycles. The Balaban J connectivity index is 1.33. The predicted molar refractivity (Wildman–Crippen MR) is 108 cm³/mol. The molecule has 0 aliphatic carbocycles. The van der Waals surface area contributed by atoms with Gasteiger partial charge in [-0.05, 0) is 18.6 Å². The number of likely N-dealkylation sites (tertiary alicyclic amines) is 1. The molecule has 4 rings (SSSR count). The van der Waals surface area contributed by atoms with Gasteiger partial charge in [-0.1, -0.05) is 6.92 Å². The number of aromatic nitrogens is 2. The zero-order valence-electron chi connectivity index (χ0n) is 17.4. The molecular formula is C21H22F3N5O3. The molecule has 2 aliphatic heterocycles. The Hall–Kier alpha value is -3.37. The fraction of sp³-hybridized carbons (Fsp3) is 0.429. The number of hydrogen-bond acceptors (Lipinski definition) is 5. The highest BCUT2D eigenvalue weighted by Gasteiger charge is 2.35. The standard InChI is InChI=1S/C21H22F3N5O3/c1-2-17-19(24)20(26-12-25-17)32-14-5-6-27(10-14)18(30)11-28-7-8-29(21(28)31)13-3-4-15(22)16(23)9-13/h3-4,9,12,14H,2,5-8,10-11H2,1H3. The molecule has 0 spiro atoms. The normalized spacial score (nSPS) is 18.6. The third-order valence-corrected chi connectivity index (χ3v) is 5.58. The third kappa shape index (κ3) is 4.32. The van der Waals surface area contributed by atoms with E-state index in [1.165, 1.54) is 22.2 Å². The van der Waals surface area contributed by atoms with Crippen molar-refractivity contribution in [2.75, 3.05) is 37.6 Å². The minimum absolute atomic E-state index is 0.131. The topological polar surface area (TPSA) is 78.9 Å². The van der Waals surface area contributed by atoms with Gasteiger partial charge in [0.25, 0.3) is 5.88 Å². The molecule has 0 radical (unpaired) electrons. The summed E-state index contributed by atoms with van der Waals surface area (Å²) < 4.78 is 46.6. The van der Waals surface area contributed by atoms with Gasteiger partial charge < -0.3 is 14.5 Å². The molecule has 170 valence electrons. The van der Waals surface area contributed by atoms with Gasteiger partial charge in [0.05, 0.1) is 12.2 Å². The molecule has 0 saturated carbocycles. The zero-order valence-corrected chi connectivity index (χ0v) is 17.4. The number of amides is 3. The first kappa shape index (κ1) is 21.8. The van der Waals surface area contributed by atoms with Crippen molar-refractivity contribution in [3.05, 3.63) is 47.7 Å². The number of rotatable bonds is 6. The van der Waals surface area contributed by atoms with Crippen molar-refractivity contribution in [2.45, 2.75) is 25.9 Å². The van der Waals surface area contributed by atoms with E-state index in [-0.39, 0.29) is 49.3 Å². The van der Waals surface area contributed by atoms with Gasteiger partial charge in [-0.2, -0.15) is 9.37 Å². The number of aryl methyl sites for hydroxylation is 1. The molecule has 3 heterocycles. The number of carbonyl (C=O) groups is 2. The van der Waals surface area contributed by atoms with Crippen LogP contribution in [0.4, 0.5) is 23.7 Å². The van der Waals surface area contributed by atoms with E-state index in [0.717, 1.165) is 12.1 Å². The maximum absolute atomic E-state index is 14.3. The molecule has 0 bridgehead atoms. The second-order valence-corrected chi connectivity index (χ2v) is 7.62. The Bertz CT molecular complexity index is 1040. The Morgan fingerprint density at radius 3 is 2.72 bits per heavy atom. The molecule has 3 amide bonds. The van der Waals surface area contributed by atoms with E-state index in [1.54, 1.807) is 11.8 Å². The summed E-state index contributed by atoms with van der Waals surface area (Å²) in [7, 11) is 0. The van der Waals surface area contributed by atoms with Crippen LogP contribution in [0.15, 0.2) is 24.5 Å². The molecule has 2 aliphatic rings. The van der Waals surface area contributed by atoms with E-state index in [4.69, 9.17) is 4.74 Å². The monoisotopic (exact) mass is 449 g/mol. The lowest BCUT2D eigenvalue weighted by atomic mass is 10.3. The van der Waals surface area contributed by atoms with Crippen LogP contribution in [0.25, 0.3) is 0 Å². The summed E-state index contributed by atoms with van der Waals surface area (Å²) in [6.45, 7) is 2.83. The molecule has 11 heteroatoms. The molecule has 2 fully saturated rings. The Morgan fingerprint density at radius 2 is 1.97 bits per heavy atom. The van der Waals surface area contributed by atoms with E-state index in [9.17, 15) is 22.8 Å². The minimum atomic E-state index is -1.04. The van der Waals surface area contributed by atoms with Gasteiger partial charge in [-0.3, -0.25) is 9.69 Å². The molecule has 1 aromatic carbocycles. The minimum Gasteiger partial charge on any atom is -0.470 e. The van der Waals surface area contributed by atoms with Crippen molar-refractivity contribution in [1.29, 1.82) is 0 Å². The Morgan fingerprint density at radius 1 is 1.16 bits per heavy atom. The first-order chi connectivity index (χ1) is 15.4. The zero-order chi connectivity index (χ0) is 22.8. The van der Waals surface area contributed by atoms with Gasteiger partial charge in [0.2, 0.25) is 11.7 Å². The molecular weight excluding hydrogens is 427 g/mol. The summed E-state index contributed by atoms with van der Waals surface area (Å²) >= 11 is 0. The van der Waals surface area contributed by atoms with Crippen molar-refractivity contribution in [3.63, 3.8) is 0 Å². The summed E-state index contributed by atoms with van der Waals surface area (Å²) in [6.07, 6.45) is 1.74. The van der Waals surface area contributed by atoms with Gasteiger partial charge >= 0.3 is 6.03 Å². The van der Waals surface area contributed by atoms with Crippen molar-refractivity contribution in [3.8, 4) is 5.88 Å². The first-order valence-corrected chi connectivity index (χ1v) is 10.3. The molecule has 1 unspecified atom stereocenters. The second kappa shape index (κ2) is 9.01. The quantitative estimate of drug-likeness (QED) is 0.677. The summed E-state index contributed by atoms with van der Waals surface area (Å²) in [6, 6.07) is 2.78. The number of benzene rings is 1. The predicted octanol–water partition coefficient (Wildman–Crippen LogP) is 2.38. The van der Waals surface area contributed by atoms with Crippen molar-refractivity contribution in [1.82, 2.24) is 19.8 Å². The number of hydrogen-bond donors (Lipinski definition) is 0. The number of carbonyl (C=O) groups excluding carboxylic acids is 2. The van der Waals surface area contributed by atoms with Crippen molar-refractivity contribution in [2.24, 2.45) is 0 Å². The summed E-state index contributed by atoms with van der Waals surface area (Å²) in [5.41, 5.74) is 0.496. The highest BCUT2D eigenvalue weighted by atomic mass is 19.2. The van der Waals surface area contributed by atoms with Gasteiger partial charge in [0, 0.05) is 37.8 Å². The van der Waals surface area contributed by atoms with E-state index in [0.29, 0.717) is 19.4 Å². The van der Waals surface area contributed by atoms with Crippen LogP contribution in [0.2, 0.25) is 0 Å². The van der Waals surface area contributed by atoms with Gasteiger partial charge in [0.15, 0.2) is 11.6 Å². The maximum atomic E-state index is 14.3. The average Bonchev–Trinajstić information content (AvgIpc) is 3.39. The Kier molecular flexibility index (Phi) is 6.15. The second-order valence-electron chi connectivity index (χ2n) is 7.62. The average molecular weight is 449 g/mol. The summed E-state index contributed by atoms with van der Waals surface area (Å²) in [5, 5.41) is 0.